The van der Waals surface area contributed by atoms with E-state index < -0.39 is 0 Å². The SMILES string of the molecule is CCNC(=NCCCc1ccc(OC)c(OC)c1)NCCOCC. The summed E-state index contributed by atoms with van der Waals surface area (Å²) in [5.74, 6) is 2.36. The highest BCUT2D eigenvalue weighted by atomic mass is 16.5. The number of rotatable bonds is 11. The quantitative estimate of drug-likeness (QED) is 0.368. The van der Waals surface area contributed by atoms with Gasteiger partial charge in [-0.15, -0.1) is 0 Å². The normalized spacial score (nSPS) is 11.2. The Labute approximate surface area is 145 Å². The van der Waals surface area contributed by atoms with Crippen molar-refractivity contribution in [2.75, 3.05) is 47.1 Å². The number of benzene rings is 1. The van der Waals surface area contributed by atoms with Gasteiger partial charge in [-0.3, -0.25) is 4.99 Å². The van der Waals surface area contributed by atoms with Crippen molar-refractivity contribution in [1.29, 1.82) is 0 Å². The van der Waals surface area contributed by atoms with Crippen LogP contribution < -0.4 is 20.1 Å². The van der Waals surface area contributed by atoms with E-state index in [0.717, 1.165) is 56.5 Å². The van der Waals surface area contributed by atoms with Crippen LogP contribution in [0.25, 0.3) is 0 Å². The molecule has 0 unspecified atom stereocenters. The zero-order valence-electron chi connectivity index (χ0n) is 15.4. The van der Waals surface area contributed by atoms with Crippen molar-refractivity contribution in [2.45, 2.75) is 26.7 Å². The topological polar surface area (TPSA) is 64.1 Å². The zero-order chi connectivity index (χ0) is 17.6. The summed E-state index contributed by atoms with van der Waals surface area (Å²) in [6, 6.07) is 6.03. The number of nitrogens with zero attached hydrogens (tertiary/aromatic N) is 1. The molecule has 0 aliphatic carbocycles. The Balaban J connectivity index is 2.43. The molecule has 1 rings (SSSR count). The molecule has 0 atom stereocenters. The molecule has 0 heterocycles. The van der Waals surface area contributed by atoms with Crippen molar-refractivity contribution in [3.05, 3.63) is 23.8 Å². The lowest BCUT2D eigenvalue weighted by Gasteiger charge is -2.11. The van der Waals surface area contributed by atoms with Crippen LogP contribution in [0.4, 0.5) is 0 Å². The molecule has 1 aromatic rings. The zero-order valence-corrected chi connectivity index (χ0v) is 15.4. The van der Waals surface area contributed by atoms with Crippen LogP contribution >= 0.6 is 0 Å². The smallest absolute Gasteiger partial charge is 0.191 e. The van der Waals surface area contributed by atoms with E-state index in [-0.39, 0.29) is 0 Å². The molecule has 0 spiro atoms. The van der Waals surface area contributed by atoms with E-state index in [1.165, 1.54) is 5.56 Å². The molecule has 6 heteroatoms. The Morgan fingerprint density at radius 2 is 1.88 bits per heavy atom. The maximum atomic E-state index is 5.33. The minimum absolute atomic E-state index is 0.687. The van der Waals surface area contributed by atoms with Gasteiger partial charge >= 0.3 is 0 Å². The third-order valence-corrected chi connectivity index (χ3v) is 3.43. The van der Waals surface area contributed by atoms with E-state index in [1.54, 1.807) is 14.2 Å². The number of aliphatic imine (C=N–C) groups is 1. The van der Waals surface area contributed by atoms with Crippen molar-refractivity contribution in [2.24, 2.45) is 4.99 Å². The van der Waals surface area contributed by atoms with Crippen LogP contribution in [0, 0.1) is 0 Å². The summed E-state index contributed by atoms with van der Waals surface area (Å²) in [6.45, 7) is 7.84. The van der Waals surface area contributed by atoms with Crippen LogP contribution in [0.15, 0.2) is 23.2 Å². The first-order valence-electron chi connectivity index (χ1n) is 8.55. The van der Waals surface area contributed by atoms with E-state index in [9.17, 15) is 0 Å². The predicted molar refractivity (Wildman–Crippen MR) is 98.3 cm³/mol. The summed E-state index contributed by atoms with van der Waals surface area (Å²) in [7, 11) is 3.30. The molecule has 0 saturated heterocycles. The average molecular weight is 337 g/mol. The highest BCUT2D eigenvalue weighted by Gasteiger charge is 2.04. The Morgan fingerprint density at radius 1 is 1.08 bits per heavy atom. The van der Waals surface area contributed by atoms with Gasteiger partial charge in [0.2, 0.25) is 0 Å². The van der Waals surface area contributed by atoms with E-state index in [2.05, 4.69) is 28.6 Å². The lowest BCUT2D eigenvalue weighted by molar-refractivity contribution is 0.152. The molecule has 0 fully saturated rings. The second-order valence-electron chi connectivity index (χ2n) is 5.18. The average Bonchev–Trinajstić information content (AvgIpc) is 2.61. The summed E-state index contributed by atoms with van der Waals surface area (Å²) in [5.41, 5.74) is 1.22. The van der Waals surface area contributed by atoms with Gasteiger partial charge in [0.15, 0.2) is 17.5 Å². The molecule has 6 nitrogen and oxygen atoms in total. The van der Waals surface area contributed by atoms with Gasteiger partial charge in [-0.2, -0.15) is 0 Å². The van der Waals surface area contributed by atoms with Gasteiger partial charge < -0.3 is 24.8 Å². The number of hydrogen-bond acceptors (Lipinski definition) is 4. The highest BCUT2D eigenvalue weighted by Crippen LogP contribution is 2.27. The van der Waals surface area contributed by atoms with Crippen molar-refractivity contribution in [1.82, 2.24) is 10.6 Å². The monoisotopic (exact) mass is 337 g/mol. The Bertz CT molecular complexity index is 492. The van der Waals surface area contributed by atoms with Gasteiger partial charge in [-0.25, -0.2) is 0 Å². The standard InChI is InChI=1S/C18H31N3O3/c1-5-19-18(21-12-13-24-6-2)20-11-7-8-15-9-10-16(22-3)17(14-15)23-4/h9-10,14H,5-8,11-13H2,1-4H3,(H2,19,20,21). The fourth-order valence-corrected chi connectivity index (χ4v) is 2.24. The van der Waals surface area contributed by atoms with Crippen LogP contribution in [-0.2, 0) is 11.2 Å². The van der Waals surface area contributed by atoms with E-state index >= 15 is 0 Å². The fraction of sp³-hybridized carbons (Fsp3) is 0.611. The third kappa shape index (κ3) is 7.55. The first-order valence-corrected chi connectivity index (χ1v) is 8.55. The molecule has 0 aliphatic heterocycles. The van der Waals surface area contributed by atoms with Crippen molar-refractivity contribution in [3.63, 3.8) is 0 Å². The predicted octanol–water partition coefficient (Wildman–Crippen LogP) is 2.23. The third-order valence-electron chi connectivity index (χ3n) is 3.43. The Morgan fingerprint density at radius 3 is 2.54 bits per heavy atom. The van der Waals surface area contributed by atoms with Gasteiger partial charge in [0, 0.05) is 26.2 Å². The summed E-state index contributed by atoms with van der Waals surface area (Å²) in [4.78, 5) is 4.59. The van der Waals surface area contributed by atoms with Crippen LogP contribution in [-0.4, -0.2) is 53.0 Å². The van der Waals surface area contributed by atoms with Gasteiger partial charge in [0.25, 0.3) is 0 Å². The van der Waals surface area contributed by atoms with Crippen LogP contribution in [0.5, 0.6) is 11.5 Å². The number of nitrogens with one attached hydrogen (secondary N) is 2. The minimum Gasteiger partial charge on any atom is -0.493 e. The number of ether oxygens (including phenoxy) is 3. The van der Waals surface area contributed by atoms with Crippen molar-refractivity contribution in [3.8, 4) is 11.5 Å². The Kier molecular flexibility index (Phi) is 10.4. The van der Waals surface area contributed by atoms with E-state index in [0.29, 0.717) is 6.61 Å². The van der Waals surface area contributed by atoms with Crippen molar-refractivity contribution < 1.29 is 14.2 Å². The lowest BCUT2D eigenvalue weighted by Crippen LogP contribution is -2.39. The van der Waals surface area contributed by atoms with E-state index in [1.807, 2.05) is 19.1 Å². The molecule has 0 aromatic heterocycles. The molecule has 136 valence electrons. The number of guanidine groups is 1. The fourth-order valence-electron chi connectivity index (χ4n) is 2.24. The summed E-state index contributed by atoms with van der Waals surface area (Å²) in [6.07, 6.45) is 1.92. The molecular formula is C18H31N3O3. The molecule has 0 saturated carbocycles. The summed E-state index contributed by atoms with van der Waals surface area (Å²) < 4.78 is 15.9. The number of methoxy groups -OCH3 is 2. The van der Waals surface area contributed by atoms with Crippen LogP contribution in [0.1, 0.15) is 25.8 Å². The molecule has 0 amide bonds. The molecule has 1 aromatic carbocycles. The maximum absolute atomic E-state index is 5.33. The summed E-state index contributed by atoms with van der Waals surface area (Å²) >= 11 is 0. The largest absolute Gasteiger partial charge is 0.493 e. The Hall–Kier alpha value is -1.95. The highest BCUT2D eigenvalue weighted by molar-refractivity contribution is 5.79. The molecule has 24 heavy (non-hydrogen) atoms. The number of aryl methyl sites for hydroxylation is 1. The molecule has 0 radical (unpaired) electrons. The minimum atomic E-state index is 0.687. The lowest BCUT2D eigenvalue weighted by atomic mass is 10.1. The van der Waals surface area contributed by atoms with Crippen LogP contribution in [0.3, 0.4) is 0 Å². The van der Waals surface area contributed by atoms with Gasteiger partial charge in [-0.1, -0.05) is 6.07 Å². The van der Waals surface area contributed by atoms with E-state index in [4.69, 9.17) is 14.2 Å². The van der Waals surface area contributed by atoms with Gasteiger partial charge in [-0.05, 0) is 44.4 Å². The maximum Gasteiger partial charge on any atom is 0.191 e. The molecular weight excluding hydrogens is 306 g/mol. The second-order valence-corrected chi connectivity index (χ2v) is 5.18. The van der Waals surface area contributed by atoms with Gasteiger partial charge in [0.05, 0.1) is 20.8 Å². The van der Waals surface area contributed by atoms with Crippen LogP contribution in [0.2, 0.25) is 0 Å². The van der Waals surface area contributed by atoms with Crippen molar-refractivity contribution >= 4 is 5.96 Å². The number of hydrogen-bond donors (Lipinski definition) is 2. The molecule has 2 N–H and O–H groups in total. The molecule has 0 bridgehead atoms. The summed E-state index contributed by atoms with van der Waals surface area (Å²) in [5, 5.41) is 6.50. The second kappa shape index (κ2) is 12.5. The first-order chi connectivity index (χ1) is 11.7. The molecule has 0 aliphatic rings. The first kappa shape index (κ1) is 20.1. The van der Waals surface area contributed by atoms with Gasteiger partial charge in [0.1, 0.15) is 0 Å².